The molecule has 0 amide bonds. The Morgan fingerprint density at radius 3 is 2.94 bits per heavy atom. The second-order valence-electron chi connectivity index (χ2n) is 3.64. The van der Waals surface area contributed by atoms with Crippen LogP contribution in [-0.2, 0) is 6.42 Å². The van der Waals surface area contributed by atoms with E-state index in [0.29, 0.717) is 0 Å². The van der Waals surface area contributed by atoms with Gasteiger partial charge in [0.05, 0.1) is 0 Å². The molecule has 0 bridgehead atoms. The third kappa shape index (κ3) is 3.56. The topological polar surface area (TPSA) is 63.1 Å². The Labute approximate surface area is 109 Å². The Balaban J connectivity index is 1.90. The highest BCUT2D eigenvalue weighted by molar-refractivity contribution is 7.99. The Kier molecular flexibility index (Phi) is 4.30. The van der Waals surface area contributed by atoms with Gasteiger partial charge >= 0.3 is 5.97 Å². The molecule has 0 aliphatic carbocycles. The maximum Gasteiger partial charge on any atom is 0.354 e. The lowest BCUT2D eigenvalue weighted by Crippen LogP contribution is -1.99. The van der Waals surface area contributed by atoms with Gasteiger partial charge in [0, 0.05) is 29.2 Å². The van der Waals surface area contributed by atoms with Gasteiger partial charge in [-0.25, -0.2) is 9.78 Å². The van der Waals surface area contributed by atoms with Gasteiger partial charge in [-0.3, -0.25) is 4.98 Å². The fourth-order valence-electron chi connectivity index (χ4n) is 1.45. The van der Waals surface area contributed by atoms with Gasteiger partial charge in [0.1, 0.15) is 5.69 Å². The van der Waals surface area contributed by atoms with Gasteiger partial charge in [-0.05, 0) is 30.2 Å². The maximum absolute atomic E-state index is 10.8. The van der Waals surface area contributed by atoms with E-state index in [-0.39, 0.29) is 5.69 Å². The summed E-state index contributed by atoms with van der Waals surface area (Å²) in [6.45, 7) is 0. The van der Waals surface area contributed by atoms with Crippen molar-refractivity contribution in [1.82, 2.24) is 9.97 Å². The van der Waals surface area contributed by atoms with Crippen LogP contribution in [0, 0.1) is 0 Å². The largest absolute Gasteiger partial charge is 0.477 e. The molecule has 0 radical (unpaired) electrons. The van der Waals surface area contributed by atoms with Crippen molar-refractivity contribution in [3.05, 3.63) is 54.1 Å². The summed E-state index contributed by atoms with van der Waals surface area (Å²) >= 11 is 1.62. The summed E-state index contributed by atoms with van der Waals surface area (Å²) in [7, 11) is 0. The molecule has 1 N–H and O–H groups in total. The Morgan fingerprint density at radius 1 is 1.33 bits per heavy atom. The van der Waals surface area contributed by atoms with Crippen LogP contribution in [0.1, 0.15) is 16.1 Å². The van der Waals surface area contributed by atoms with Gasteiger partial charge in [-0.1, -0.05) is 6.07 Å². The highest BCUT2D eigenvalue weighted by Crippen LogP contribution is 2.19. The van der Waals surface area contributed by atoms with Crippen molar-refractivity contribution in [3.63, 3.8) is 0 Å². The molecule has 0 fully saturated rings. The van der Waals surface area contributed by atoms with Crippen molar-refractivity contribution in [1.29, 1.82) is 0 Å². The van der Waals surface area contributed by atoms with Gasteiger partial charge in [0.15, 0.2) is 0 Å². The molecular formula is C13H12N2O2S. The normalized spacial score (nSPS) is 10.2. The summed E-state index contributed by atoms with van der Waals surface area (Å²) in [4.78, 5) is 19.5. The number of aromatic carboxylic acids is 1. The van der Waals surface area contributed by atoms with Crippen LogP contribution < -0.4 is 0 Å². The fourth-order valence-corrected chi connectivity index (χ4v) is 2.38. The Bertz CT molecular complexity index is 532. The van der Waals surface area contributed by atoms with Crippen LogP contribution in [0.4, 0.5) is 0 Å². The molecule has 0 saturated heterocycles. The van der Waals surface area contributed by atoms with Crippen LogP contribution in [0.2, 0.25) is 0 Å². The minimum atomic E-state index is -0.996. The second kappa shape index (κ2) is 6.16. The number of carboxylic acids is 1. The number of nitrogens with zero attached hydrogens (tertiary/aromatic N) is 2. The zero-order valence-electron chi connectivity index (χ0n) is 9.61. The van der Waals surface area contributed by atoms with Crippen molar-refractivity contribution < 1.29 is 9.90 Å². The van der Waals surface area contributed by atoms with Crippen LogP contribution in [0.3, 0.4) is 0 Å². The third-order valence-electron chi connectivity index (χ3n) is 2.33. The van der Waals surface area contributed by atoms with Gasteiger partial charge in [0.2, 0.25) is 0 Å². The van der Waals surface area contributed by atoms with E-state index < -0.39 is 5.97 Å². The highest BCUT2D eigenvalue weighted by atomic mass is 32.2. The SMILES string of the molecule is O=C(O)c1cc(SCCc2cccnc2)ccn1. The average Bonchev–Trinajstić information content (AvgIpc) is 2.40. The number of rotatable bonds is 5. The first-order chi connectivity index (χ1) is 8.75. The van der Waals surface area contributed by atoms with E-state index in [9.17, 15) is 4.79 Å². The van der Waals surface area contributed by atoms with E-state index in [1.807, 2.05) is 24.4 Å². The molecule has 0 aliphatic rings. The molecule has 2 heterocycles. The van der Waals surface area contributed by atoms with Crippen molar-refractivity contribution in [3.8, 4) is 0 Å². The maximum atomic E-state index is 10.8. The summed E-state index contributed by atoms with van der Waals surface area (Å²) in [5, 5.41) is 8.83. The number of aryl methyl sites for hydroxylation is 1. The number of hydrogen-bond donors (Lipinski definition) is 1. The molecule has 92 valence electrons. The number of carbonyl (C=O) groups is 1. The first-order valence-electron chi connectivity index (χ1n) is 5.47. The molecule has 2 aromatic rings. The first kappa shape index (κ1) is 12.6. The molecule has 5 heteroatoms. The zero-order chi connectivity index (χ0) is 12.8. The van der Waals surface area contributed by atoms with E-state index in [0.717, 1.165) is 17.1 Å². The molecule has 0 aromatic carbocycles. The summed E-state index contributed by atoms with van der Waals surface area (Å²) in [5.41, 5.74) is 1.26. The molecule has 0 unspecified atom stereocenters. The lowest BCUT2D eigenvalue weighted by molar-refractivity contribution is 0.0690. The summed E-state index contributed by atoms with van der Waals surface area (Å²) in [6.07, 6.45) is 6.02. The predicted octanol–water partition coefficient (Wildman–Crippen LogP) is 2.51. The number of aromatic nitrogens is 2. The average molecular weight is 260 g/mol. The van der Waals surface area contributed by atoms with E-state index in [1.165, 1.54) is 11.8 Å². The molecule has 18 heavy (non-hydrogen) atoms. The molecule has 2 aromatic heterocycles. The van der Waals surface area contributed by atoms with Crippen molar-refractivity contribution in [2.24, 2.45) is 0 Å². The summed E-state index contributed by atoms with van der Waals surface area (Å²) in [6, 6.07) is 7.36. The Hall–Kier alpha value is -1.88. The number of thioether (sulfide) groups is 1. The molecular weight excluding hydrogens is 248 g/mol. The van der Waals surface area contributed by atoms with Gasteiger partial charge in [0.25, 0.3) is 0 Å². The van der Waals surface area contributed by atoms with Crippen LogP contribution in [0.25, 0.3) is 0 Å². The van der Waals surface area contributed by atoms with Gasteiger partial charge < -0.3 is 5.11 Å². The molecule has 0 atom stereocenters. The van der Waals surface area contributed by atoms with E-state index in [4.69, 9.17) is 5.11 Å². The van der Waals surface area contributed by atoms with Crippen molar-refractivity contribution in [2.45, 2.75) is 11.3 Å². The number of hydrogen-bond acceptors (Lipinski definition) is 4. The summed E-state index contributed by atoms with van der Waals surface area (Å²) < 4.78 is 0. The van der Waals surface area contributed by atoms with Crippen LogP contribution in [0.15, 0.2) is 47.8 Å². The molecule has 4 nitrogen and oxygen atoms in total. The fraction of sp³-hybridized carbons (Fsp3) is 0.154. The molecule has 2 rings (SSSR count). The van der Waals surface area contributed by atoms with Crippen LogP contribution in [0.5, 0.6) is 0 Å². The predicted molar refractivity (Wildman–Crippen MR) is 69.9 cm³/mol. The lowest BCUT2D eigenvalue weighted by Gasteiger charge is -2.02. The van der Waals surface area contributed by atoms with Gasteiger partial charge in [-0.15, -0.1) is 11.8 Å². The standard InChI is InChI=1S/C13H12N2O2S/c16-13(17)12-8-11(3-6-15-12)18-7-4-10-2-1-5-14-9-10/h1-3,5-6,8-9H,4,7H2,(H,16,17). The monoisotopic (exact) mass is 260 g/mol. The Morgan fingerprint density at radius 2 is 2.22 bits per heavy atom. The van der Waals surface area contributed by atoms with Gasteiger partial charge in [-0.2, -0.15) is 0 Å². The molecule has 0 saturated carbocycles. The minimum Gasteiger partial charge on any atom is -0.477 e. The minimum absolute atomic E-state index is 0.0846. The van der Waals surface area contributed by atoms with Crippen LogP contribution in [-0.4, -0.2) is 26.8 Å². The number of pyridine rings is 2. The quantitative estimate of drug-likeness (QED) is 0.837. The van der Waals surface area contributed by atoms with Crippen molar-refractivity contribution >= 4 is 17.7 Å². The van der Waals surface area contributed by atoms with Crippen LogP contribution >= 0.6 is 11.8 Å². The van der Waals surface area contributed by atoms with E-state index in [1.54, 1.807) is 24.0 Å². The first-order valence-corrected chi connectivity index (χ1v) is 6.45. The second-order valence-corrected chi connectivity index (χ2v) is 4.81. The molecule has 0 aliphatic heterocycles. The summed E-state index contributed by atoms with van der Waals surface area (Å²) in [5.74, 6) is -0.112. The highest BCUT2D eigenvalue weighted by Gasteiger charge is 2.05. The smallest absolute Gasteiger partial charge is 0.354 e. The third-order valence-corrected chi connectivity index (χ3v) is 3.33. The molecule has 0 spiro atoms. The van der Waals surface area contributed by atoms with E-state index >= 15 is 0 Å². The lowest BCUT2D eigenvalue weighted by atomic mass is 10.2. The van der Waals surface area contributed by atoms with Crippen molar-refractivity contribution in [2.75, 3.05) is 5.75 Å². The zero-order valence-corrected chi connectivity index (χ0v) is 10.4. The van der Waals surface area contributed by atoms with E-state index in [2.05, 4.69) is 9.97 Å². The number of carboxylic acid groups (broad SMARTS) is 1.